The number of rotatable bonds is 7. The summed E-state index contributed by atoms with van der Waals surface area (Å²) < 4.78 is 5.18. The number of ether oxygens (including phenoxy) is 1. The Labute approximate surface area is 148 Å². The SMILES string of the molecule is CCN(Cc1ccc(OC)cc1)C(=O)c1sc(CC(C)C)nc1C. The summed E-state index contributed by atoms with van der Waals surface area (Å²) in [4.78, 5) is 20.1. The van der Waals surface area contributed by atoms with Crippen molar-refractivity contribution in [3.8, 4) is 5.75 Å². The Morgan fingerprint density at radius 3 is 2.50 bits per heavy atom. The van der Waals surface area contributed by atoms with E-state index < -0.39 is 0 Å². The minimum Gasteiger partial charge on any atom is -0.497 e. The van der Waals surface area contributed by atoms with Crippen LogP contribution in [0, 0.1) is 12.8 Å². The van der Waals surface area contributed by atoms with Crippen molar-refractivity contribution in [1.82, 2.24) is 9.88 Å². The van der Waals surface area contributed by atoms with Crippen LogP contribution in [0.25, 0.3) is 0 Å². The molecule has 1 aromatic heterocycles. The molecule has 0 aliphatic rings. The zero-order chi connectivity index (χ0) is 17.7. The highest BCUT2D eigenvalue weighted by molar-refractivity contribution is 7.13. The van der Waals surface area contributed by atoms with Gasteiger partial charge in [0, 0.05) is 19.5 Å². The first-order chi connectivity index (χ1) is 11.4. The van der Waals surface area contributed by atoms with E-state index in [2.05, 4.69) is 18.8 Å². The molecule has 1 amide bonds. The Balaban J connectivity index is 2.14. The molecular weight excluding hydrogens is 320 g/mol. The molecule has 0 spiro atoms. The molecule has 1 aromatic carbocycles. The number of amides is 1. The Bertz CT molecular complexity index is 677. The Kier molecular flexibility index (Phi) is 6.37. The lowest BCUT2D eigenvalue weighted by Gasteiger charge is -2.20. The van der Waals surface area contributed by atoms with Crippen LogP contribution in [0.3, 0.4) is 0 Å². The second-order valence-corrected chi connectivity index (χ2v) is 7.37. The van der Waals surface area contributed by atoms with Gasteiger partial charge in [0.25, 0.3) is 5.91 Å². The van der Waals surface area contributed by atoms with Crippen LogP contribution in [0.2, 0.25) is 0 Å². The average Bonchev–Trinajstić information content (AvgIpc) is 2.92. The molecule has 5 heteroatoms. The molecule has 0 saturated heterocycles. The summed E-state index contributed by atoms with van der Waals surface area (Å²) in [5, 5.41) is 1.05. The number of benzene rings is 1. The molecule has 2 aromatic rings. The van der Waals surface area contributed by atoms with Gasteiger partial charge in [-0.1, -0.05) is 26.0 Å². The molecule has 130 valence electrons. The zero-order valence-corrected chi connectivity index (χ0v) is 15.9. The molecule has 0 fully saturated rings. The van der Waals surface area contributed by atoms with Gasteiger partial charge in [0.2, 0.25) is 0 Å². The highest BCUT2D eigenvalue weighted by atomic mass is 32.1. The molecule has 4 nitrogen and oxygen atoms in total. The van der Waals surface area contributed by atoms with E-state index in [0.717, 1.165) is 33.3 Å². The highest BCUT2D eigenvalue weighted by Crippen LogP contribution is 2.23. The molecule has 0 aliphatic carbocycles. The maximum atomic E-state index is 12.9. The van der Waals surface area contributed by atoms with Crippen LogP contribution in [-0.2, 0) is 13.0 Å². The Morgan fingerprint density at radius 2 is 1.96 bits per heavy atom. The molecule has 2 rings (SSSR count). The summed E-state index contributed by atoms with van der Waals surface area (Å²) in [5.41, 5.74) is 1.93. The van der Waals surface area contributed by atoms with Crippen LogP contribution in [-0.4, -0.2) is 29.4 Å². The molecule has 24 heavy (non-hydrogen) atoms. The maximum absolute atomic E-state index is 12.9. The smallest absolute Gasteiger partial charge is 0.266 e. The van der Waals surface area contributed by atoms with Crippen molar-refractivity contribution in [2.75, 3.05) is 13.7 Å². The van der Waals surface area contributed by atoms with Crippen molar-refractivity contribution >= 4 is 17.2 Å². The zero-order valence-electron chi connectivity index (χ0n) is 15.1. The van der Waals surface area contributed by atoms with E-state index in [1.807, 2.05) is 43.0 Å². The number of methoxy groups -OCH3 is 1. The third kappa shape index (κ3) is 4.57. The van der Waals surface area contributed by atoms with Crippen LogP contribution in [0.4, 0.5) is 0 Å². The quantitative estimate of drug-likeness (QED) is 0.750. The monoisotopic (exact) mass is 346 g/mol. The van der Waals surface area contributed by atoms with Crippen LogP contribution in [0.1, 0.15) is 46.7 Å². The summed E-state index contributed by atoms with van der Waals surface area (Å²) in [6.45, 7) is 9.53. The van der Waals surface area contributed by atoms with E-state index in [1.165, 1.54) is 11.3 Å². The molecular formula is C19H26N2O2S. The number of thiazole rings is 1. The lowest BCUT2D eigenvalue weighted by atomic mass is 10.1. The lowest BCUT2D eigenvalue weighted by Crippen LogP contribution is -2.30. The third-order valence-electron chi connectivity index (χ3n) is 3.82. The number of carbonyl (C=O) groups is 1. The minimum absolute atomic E-state index is 0.0679. The van der Waals surface area contributed by atoms with Crippen molar-refractivity contribution in [1.29, 1.82) is 0 Å². The minimum atomic E-state index is 0.0679. The van der Waals surface area contributed by atoms with Gasteiger partial charge in [-0.15, -0.1) is 11.3 Å². The fraction of sp³-hybridized carbons (Fsp3) is 0.474. The fourth-order valence-corrected chi connectivity index (χ4v) is 3.75. The summed E-state index contributed by atoms with van der Waals surface area (Å²) in [6, 6.07) is 7.84. The van der Waals surface area contributed by atoms with Crippen molar-refractivity contribution in [2.45, 2.75) is 40.7 Å². The lowest BCUT2D eigenvalue weighted by molar-refractivity contribution is 0.0756. The predicted octanol–water partition coefficient (Wildman–Crippen LogP) is 4.32. The van der Waals surface area contributed by atoms with Gasteiger partial charge < -0.3 is 9.64 Å². The van der Waals surface area contributed by atoms with Crippen molar-refractivity contribution in [3.05, 3.63) is 45.4 Å². The normalized spacial score (nSPS) is 10.9. The predicted molar refractivity (Wildman–Crippen MR) is 98.8 cm³/mol. The fourth-order valence-electron chi connectivity index (χ4n) is 2.51. The summed E-state index contributed by atoms with van der Waals surface area (Å²) in [7, 11) is 1.65. The van der Waals surface area contributed by atoms with Gasteiger partial charge >= 0.3 is 0 Å². The number of nitrogens with zero attached hydrogens (tertiary/aromatic N) is 2. The second-order valence-electron chi connectivity index (χ2n) is 6.29. The molecule has 0 saturated carbocycles. The molecule has 0 aliphatic heterocycles. The standard InChI is InChI=1S/C19H26N2O2S/c1-6-21(12-15-7-9-16(23-5)10-8-15)19(22)18-14(4)20-17(24-18)11-13(2)3/h7-10,13H,6,11-12H2,1-5H3. The first-order valence-corrected chi connectivity index (χ1v) is 9.14. The molecule has 0 bridgehead atoms. The van der Waals surface area contributed by atoms with E-state index in [9.17, 15) is 4.79 Å². The largest absolute Gasteiger partial charge is 0.497 e. The van der Waals surface area contributed by atoms with Gasteiger partial charge in [0.05, 0.1) is 17.8 Å². The molecule has 1 heterocycles. The number of aryl methyl sites for hydroxylation is 1. The van der Waals surface area contributed by atoms with Crippen LogP contribution in [0.15, 0.2) is 24.3 Å². The van der Waals surface area contributed by atoms with E-state index in [4.69, 9.17) is 4.74 Å². The summed E-state index contributed by atoms with van der Waals surface area (Å²) in [6.07, 6.45) is 0.920. The highest BCUT2D eigenvalue weighted by Gasteiger charge is 2.21. The average molecular weight is 346 g/mol. The van der Waals surface area contributed by atoms with Crippen molar-refractivity contribution in [2.24, 2.45) is 5.92 Å². The van der Waals surface area contributed by atoms with Gasteiger partial charge in [-0.05, 0) is 37.5 Å². The number of hydrogen-bond donors (Lipinski definition) is 0. The van der Waals surface area contributed by atoms with Crippen LogP contribution < -0.4 is 4.74 Å². The van der Waals surface area contributed by atoms with Crippen LogP contribution >= 0.6 is 11.3 Å². The van der Waals surface area contributed by atoms with E-state index in [-0.39, 0.29) is 5.91 Å². The van der Waals surface area contributed by atoms with Gasteiger partial charge in [-0.25, -0.2) is 4.98 Å². The van der Waals surface area contributed by atoms with E-state index in [1.54, 1.807) is 7.11 Å². The van der Waals surface area contributed by atoms with Crippen LogP contribution in [0.5, 0.6) is 5.75 Å². The second kappa shape index (κ2) is 8.29. The molecule has 0 unspecified atom stereocenters. The van der Waals surface area contributed by atoms with Gasteiger partial charge in [-0.2, -0.15) is 0 Å². The van der Waals surface area contributed by atoms with Crippen molar-refractivity contribution < 1.29 is 9.53 Å². The van der Waals surface area contributed by atoms with E-state index >= 15 is 0 Å². The first-order valence-electron chi connectivity index (χ1n) is 8.33. The Hall–Kier alpha value is -1.88. The van der Waals surface area contributed by atoms with Gasteiger partial charge in [0.1, 0.15) is 10.6 Å². The van der Waals surface area contributed by atoms with Gasteiger partial charge in [-0.3, -0.25) is 4.79 Å². The summed E-state index contributed by atoms with van der Waals surface area (Å²) >= 11 is 1.53. The number of hydrogen-bond acceptors (Lipinski definition) is 4. The topological polar surface area (TPSA) is 42.4 Å². The third-order valence-corrected chi connectivity index (χ3v) is 4.99. The first kappa shape index (κ1) is 18.5. The molecule has 0 atom stereocenters. The van der Waals surface area contributed by atoms with Gasteiger partial charge in [0.15, 0.2) is 0 Å². The number of carbonyl (C=O) groups excluding carboxylic acids is 1. The summed E-state index contributed by atoms with van der Waals surface area (Å²) in [5.74, 6) is 1.43. The maximum Gasteiger partial charge on any atom is 0.266 e. The van der Waals surface area contributed by atoms with Crippen molar-refractivity contribution in [3.63, 3.8) is 0 Å². The number of aromatic nitrogens is 1. The van der Waals surface area contributed by atoms with E-state index in [0.29, 0.717) is 19.0 Å². The molecule has 0 N–H and O–H groups in total. The Morgan fingerprint density at radius 1 is 1.29 bits per heavy atom. The molecule has 0 radical (unpaired) electrons.